The fourth-order valence-electron chi connectivity index (χ4n) is 1.84. The van der Waals surface area contributed by atoms with Crippen LogP contribution in [0.4, 0.5) is 0 Å². The number of carbonyl (C=O) groups is 2. The molecule has 106 valence electrons. The lowest BCUT2D eigenvalue weighted by atomic mass is 10.1. The van der Waals surface area contributed by atoms with Gasteiger partial charge in [-0.25, -0.2) is 4.79 Å². The van der Waals surface area contributed by atoms with Crippen LogP contribution in [0.3, 0.4) is 0 Å². The van der Waals surface area contributed by atoms with Crippen LogP contribution in [-0.2, 0) is 0 Å². The van der Waals surface area contributed by atoms with Gasteiger partial charge in [0.05, 0.1) is 18.1 Å². The standard InChI is InChI=1S/C15H18N2O3/c1-11(2)10-17(9-3-8-16)14(18)12-4-6-13(7-5-12)15(19)20/h4-7,11H,3,9-10H2,1-2H3,(H,19,20). The molecule has 0 atom stereocenters. The SMILES string of the molecule is CC(C)CN(CCC#N)C(=O)c1ccc(C(=O)O)cc1. The van der Waals surface area contributed by atoms with Gasteiger partial charge in [-0.2, -0.15) is 5.26 Å². The van der Waals surface area contributed by atoms with Gasteiger partial charge in [0.2, 0.25) is 0 Å². The van der Waals surface area contributed by atoms with Crippen LogP contribution >= 0.6 is 0 Å². The van der Waals surface area contributed by atoms with Gasteiger partial charge in [0, 0.05) is 18.7 Å². The third-order valence-electron chi connectivity index (χ3n) is 2.75. The van der Waals surface area contributed by atoms with Gasteiger partial charge in [0.1, 0.15) is 0 Å². The monoisotopic (exact) mass is 274 g/mol. The predicted molar refractivity (Wildman–Crippen MR) is 74.4 cm³/mol. The molecule has 1 rings (SSSR count). The Kier molecular flexibility index (Phi) is 5.73. The summed E-state index contributed by atoms with van der Waals surface area (Å²) in [6.45, 7) is 4.95. The highest BCUT2D eigenvalue weighted by molar-refractivity contribution is 5.95. The molecule has 1 N–H and O–H groups in total. The van der Waals surface area contributed by atoms with Crippen LogP contribution in [0.5, 0.6) is 0 Å². The lowest BCUT2D eigenvalue weighted by Crippen LogP contribution is -2.35. The molecule has 0 aliphatic carbocycles. The molecule has 0 radical (unpaired) electrons. The number of hydrogen-bond donors (Lipinski definition) is 1. The second kappa shape index (κ2) is 7.29. The number of aromatic carboxylic acids is 1. The van der Waals surface area contributed by atoms with E-state index in [1.807, 2.05) is 19.9 Å². The molecule has 0 saturated heterocycles. The molecule has 20 heavy (non-hydrogen) atoms. The molecule has 5 heteroatoms. The molecule has 0 unspecified atom stereocenters. The smallest absolute Gasteiger partial charge is 0.335 e. The Bertz CT molecular complexity index is 515. The van der Waals surface area contributed by atoms with E-state index in [2.05, 4.69) is 0 Å². The number of benzene rings is 1. The minimum absolute atomic E-state index is 0.147. The van der Waals surface area contributed by atoms with Gasteiger partial charge in [-0.1, -0.05) is 13.8 Å². The summed E-state index contributed by atoms with van der Waals surface area (Å²) in [7, 11) is 0. The van der Waals surface area contributed by atoms with Crippen molar-refractivity contribution in [3.05, 3.63) is 35.4 Å². The summed E-state index contributed by atoms with van der Waals surface area (Å²) < 4.78 is 0. The molecular formula is C15H18N2O3. The van der Waals surface area contributed by atoms with Gasteiger partial charge in [-0.05, 0) is 30.2 Å². The normalized spacial score (nSPS) is 10.1. The zero-order valence-electron chi connectivity index (χ0n) is 11.7. The second-order valence-corrected chi connectivity index (χ2v) is 4.94. The van der Waals surface area contributed by atoms with E-state index < -0.39 is 5.97 Å². The van der Waals surface area contributed by atoms with Crippen LogP contribution in [0.1, 0.15) is 41.0 Å². The summed E-state index contributed by atoms with van der Waals surface area (Å²) in [5.74, 6) is -0.894. The van der Waals surface area contributed by atoms with Crippen molar-refractivity contribution in [3.8, 4) is 6.07 Å². The van der Waals surface area contributed by atoms with E-state index in [-0.39, 0.29) is 17.9 Å². The topological polar surface area (TPSA) is 81.4 Å². The average Bonchev–Trinajstić information content (AvgIpc) is 2.42. The summed E-state index contributed by atoms with van der Waals surface area (Å²) in [5, 5.41) is 17.5. The first-order chi connectivity index (χ1) is 9.45. The maximum absolute atomic E-state index is 12.3. The highest BCUT2D eigenvalue weighted by atomic mass is 16.4. The van der Waals surface area contributed by atoms with Crippen LogP contribution < -0.4 is 0 Å². The molecule has 1 aromatic carbocycles. The number of carboxylic acid groups (broad SMARTS) is 1. The minimum Gasteiger partial charge on any atom is -0.478 e. The maximum atomic E-state index is 12.3. The Morgan fingerprint density at radius 2 is 1.80 bits per heavy atom. The van der Waals surface area contributed by atoms with Gasteiger partial charge in [-0.15, -0.1) is 0 Å². The van der Waals surface area contributed by atoms with Gasteiger partial charge >= 0.3 is 5.97 Å². The Balaban J connectivity index is 2.87. The van der Waals surface area contributed by atoms with Crippen molar-refractivity contribution in [1.29, 1.82) is 5.26 Å². The van der Waals surface area contributed by atoms with E-state index >= 15 is 0 Å². The molecule has 5 nitrogen and oxygen atoms in total. The van der Waals surface area contributed by atoms with Gasteiger partial charge in [0.25, 0.3) is 5.91 Å². The van der Waals surface area contributed by atoms with Crippen LogP contribution in [0.25, 0.3) is 0 Å². The van der Waals surface area contributed by atoms with Gasteiger partial charge < -0.3 is 10.0 Å². The number of carbonyl (C=O) groups excluding carboxylic acids is 1. The summed E-state index contributed by atoms with van der Waals surface area (Å²) in [4.78, 5) is 24.7. The number of hydrogen-bond acceptors (Lipinski definition) is 3. The van der Waals surface area contributed by atoms with E-state index in [0.29, 0.717) is 24.6 Å². The summed E-state index contributed by atoms with van der Waals surface area (Å²) in [6, 6.07) is 7.86. The molecule has 0 saturated carbocycles. The van der Waals surface area contributed by atoms with E-state index in [1.54, 1.807) is 4.90 Å². The first-order valence-corrected chi connectivity index (χ1v) is 6.45. The Hall–Kier alpha value is -2.35. The first-order valence-electron chi connectivity index (χ1n) is 6.45. The lowest BCUT2D eigenvalue weighted by molar-refractivity contribution is 0.0693. The number of rotatable bonds is 6. The number of nitriles is 1. The van der Waals surface area contributed by atoms with Crippen LogP contribution in [0, 0.1) is 17.2 Å². The van der Waals surface area contributed by atoms with Crippen molar-refractivity contribution in [3.63, 3.8) is 0 Å². The summed E-state index contributed by atoms with van der Waals surface area (Å²) in [5.41, 5.74) is 0.586. The van der Waals surface area contributed by atoms with Crippen molar-refractivity contribution in [2.45, 2.75) is 20.3 Å². The Morgan fingerprint density at radius 1 is 1.25 bits per heavy atom. The number of carboxylic acids is 1. The van der Waals surface area contributed by atoms with E-state index in [1.165, 1.54) is 24.3 Å². The van der Waals surface area contributed by atoms with E-state index in [4.69, 9.17) is 10.4 Å². The molecule has 0 fully saturated rings. The van der Waals surface area contributed by atoms with Crippen LogP contribution in [0.15, 0.2) is 24.3 Å². The van der Waals surface area contributed by atoms with Crippen LogP contribution in [-0.4, -0.2) is 35.0 Å². The zero-order chi connectivity index (χ0) is 15.1. The molecule has 1 aromatic rings. The van der Waals surface area contributed by atoms with Crippen molar-refractivity contribution < 1.29 is 14.7 Å². The highest BCUT2D eigenvalue weighted by Crippen LogP contribution is 2.10. The minimum atomic E-state index is -1.02. The molecule has 1 amide bonds. The summed E-state index contributed by atoms with van der Waals surface area (Å²) >= 11 is 0. The molecular weight excluding hydrogens is 256 g/mol. The highest BCUT2D eigenvalue weighted by Gasteiger charge is 2.17. The third-order valence-corrected chi connectivity index (χ3v) is 2.75. The molecule has 0 aromatic heterocycles. The summed E-state index contributed by atoms with van der Waals surface area (Å²) in [6.07, 6.45) is 0.283. The van der Waals surface area contributed by atoms with E-state index in [0.717, 1.165) is 0 Å². The third kappa shape index (κ3) is 4.39. The van der Waals surface area contributed by atoms with Gasteiger partial charge in [-0.3, -0.25) is 4.79 Å². The molecule has 0 bridgehead atoms. The number of amides is 1. The van der Waals surface area contributed by atoms with Crippen molar-refractivity contribution in [2.24, 2.45) is 5.92 Å². The average molecular weight is 274 g/mol. The zero-order valence-corrected chi connectivity index (χ0v) is 11.7. The van der Waals surface area contributed by atoms with Crippen LogP contribution in [0.2, 0.25) is 0 Å². The van der Waals surface area contributed by atoms with Crippen molar-refractivity contribution >= 4 is 11.9 Å². The molecule has 0 heterocycles. The molecule has 0 aliphatic heterocycles. The predicted octanol–water partition coefficient (Wildman–Crippen LogP) is 2.40. The fraction of sp³-hybridized carbons (Fsp3) is 0.400. The quantitative estimate of drug-likeness (QED) is 0.863. The van der Waals surface area contributed by atoms with Crippen molar-refractivity contribution in [1.82, 2.24) is 4.90 Å². The maximum Gasteiger partial charge on any atom is 0.335 e. The fourth-order valence-corrected chi connectivity index (χ4v) is 1.84. The molecule has 0 spiro atoms. The van der Waals surface area contributed by atoms with Crippen molar-refractivity contribution in [2.75, 3.05) is 13.1 Å². The number of nitrogens with zero attached hydrogens (tertiary/aromatic N) is 2. The first kappa shape index (κ1) is 15.7. The lowest BCUT2D eigenvalue weighted by Gasteiger charge is -2.23. The van der Waals surface area contributed by atoms with E-state index in [9.17, 15) is 9.59 Å². The Morgan fingerprint density at radius 3 is 2.25 bits per heavy atom. The molecule has 0 aliphatic rings. The second-order valence-electron chi connectivity index (χ2n) is 4.94. The Labute approximate surface area is 118 Å². The largest absolute Gasteiger partial charge is 0.478 e. The van der Waals surface area contributed by atoms with Gasteiger partial charge in [0.15, 0.2) is 0 Å².